The molecule has 2 aromatic carbocycles. The third-order valence-electron chi connectivity index (χ3n) is 4.74. The number of aryl methyl sites for hydroxylation is 1. The molecule has 0 atom stereocenters. The Hall–Kier alpha value is -2.60. The number of rotatable bonds is 7. The predicted octanol–water partition coefficient (Wildman–Crippen LogP) is 4.21. The van der Waals surface area contributed by atoms with Crippen molar-refractivity contribution in [2.45, 2.75) is 25.7 Å². The van der Waals surface area contributed by atoms with E-state index < -0.39 is 4.92 Å². The first-order valence-corrected chi connectivity index (χ1v) is 9.48. The Morgan fingerprint density at radius 1 is 1.15 bits per heavy atom. The molecule has 1 heterocycles. The van der Waals surface area contributed by atoms with E-state index in [0.717, 1.165) is 25.9 Å². The summed E-state index contributed by atoms with van der Waals surface area (Å²) in [6, 6.07) is 12.7. The Kier molecular flexibility index (Phi) is 6.29. The number of nitrogens with one attached hydrogen (secondary N) is 1. The molecular weight excluding hydrogens is 366 g/mol. The van der Waals surface area contributed by atoms with Crippen LogP contribution in [0.15, 0.2) is 42.5 Å². The quantitative estimate of drug-likeness (QED) is 0.438. The van der Waals surface area contributed by atoms with Crippen LogP contribution in [-0.4, -0.2) is 30.5 Å². The number of hydrogen-bond donors (Lipinski definition) is 1. The SMILES string of the molecule is O=C(NCCCc1ccc(N2CCCC2)cc1)c1ccc(Cl)c([N+](=O)[O-])c1. The van der Waals surface area contributed by atoms with E-state index in [4.69, 9.17) is 11.6 Å². The molecule has 1 fully saturated rings. The minimum Gasteiger partial charge on any atom is -0.372 e. The maximum atomic E-state index is 12.2. The average Bonchev–Trinajstić information content (AvgIpc) is 3.20. The molecule has 3 rings (SSSR count). The second-order valence-corrected chi connectivity index (χ2v) is 7.05. The summed E-state index contributed by atoms with van der Waals surface area (Å²) in [5.74, 6) is -0.334. The lowest BCUT2D eigenvalue weighted by atomic mass is 10.1. The zero-order valence-corrected chi connectivity index (χ0v) is 15.7. The Morgan fingerprint density at radius 2 is 1.85 bits per heavy atom. The molecule has 7 heteroatoms. The zero-order valence-electron chi connectivity index (χ0n) is 15.0. The molecule has 2 aromatic rings. The van der Waals surface area contributed by atoms with Crippen LogP contribution >= 0.6 is 11.6 Å². The molecule has 6 nitrogen and oxygen atoms in total. The van der Waals surface area contributed by atoms with Crippen molar-refractivity contribution < 1.29 is 9.72 Å². The van der Waals surface area contributed by atoms with Crippen LogP contribution in [0, 0.1) is 10.1 Å². The fourth-order valence-corrected chi connectivity index (χ4v) is 3.43. The molecular formula is C20H22ClN3O3. The highest BCUT2D eigenvalue weighted by Gasteiger charge is 2.16. The fourth-order valence-electron chi connectivity index (χ4n) is 3.24. The molecule has 0 radical (unpaired) electrons. The summed E-state index contributed by atoms with van der Waals surface area (Å²) >= 11 is 5.77. The third kappa shape index (κ3) is 4.98. The van der Waals surface area contributed by atoms with E-state index in [2.05, 4.69) is 34.5 Å². The van der Waals surface area contributed by atoms with Gasteiger partial charge in [-0.3, -0.25) is 14.9 Å². The van der Waals surface area contributed by atoms with Gasteiger partial charge in [0.1, 0.15) is 5.02 Å². The van der Waals surface area contributed by atoms with E-state index in [1.165, 1.54) is 42.3 Å². The number of hydrogen-bond acceptors (Lipinski definition) is 4. The van der Waals surface area contributed by atoms with Crippen LogP contribution in [0.4, 0.5) is 11.4 Å². The van der Waals surface area contributed by atoms with Gasteiger partial charge in [0.2, 0.25) is 0 Å². The lowest BCUT2D eigenvalue weighted by Gasteiger charge is -2.17. The number of anilines is 1. The maximum Gasteiger partial charge on any atom is 0.288 e. The van der Waals surface area contributed by atoms with Crippen LogP contribution in [0.5, 0.6) is 0 Å². The van der Waals surface area contributed by atoms with Crippen LogP contribution in [0.1, 0.15) is 35.2 Å². The van der Waals surface area contributed by atoms with Crippen molar-refractivity contribution in [1.82, 2.24) is 5.32 Å². The summed E-state index contributed by atoms with van der Waals surface area (Å²) < 4.78 is 0. The second kappa shape index (κ2) is 8.86. The van der Waals surface area contributed by atoms with Gasteiger partial charge < -0.3 is 10.2 Å². The highest BCUT2D eigenvalue weighted by Crippen LogP contribution is 2.25. The summed E-state index contributed by atoms with van der Waals surface area (Å²) in [5, 5.41) is 13.7. The number of halogens is 1. The Labute approximate surface area is 163 Å². The van der Waals surface area contributed by atoms with Crippen molar-refractivity contribution >= 4 is 28.9 Å². The molecule has 0 aromatic heterocycles. The molecule has 0 bridgehead atoms. The topological polar surface area (TPSA) is 75.5 Å². The second-order valence-electron chi connectivity index (χ2n) is 6.64. The number of amides is 1. The van der Waals surface area contributed by atoms with Crippen LogP contribution in [0.3, 0.4) is 0 Å². The van der Waals surface area contributed by atoms with Crippen LogP contribution < -0.4 is 10.2 Å². The first kappa shape index (κ1) is 19.2. The van der Waals surface area contributed by atoms with Crippen molar-refractivity contribution in [3.63, 3.8) is 0 Å². The number of nitrogens with zero attached hydrogens (tertiary/aromatic N) is 2. The van der Waals surface area contributed by atoms with Gasteiger partial charge in [-0.05, 0) is 55.5 Å². The van der Waals surface area contributed by atoms with Gasteiger partial charge in [0, 0.05) is 37.0 Å². The number of nitro groups is 1. The Bertz CT molecular complexity index is 818. The highest BCUT2D eigenvalue weighted by molar-refractivity contribution is 6.32. The van der Waals surface area contributed by atoms with Crippen LogP contribution in [0.2, 0.25) is 5.02 Å². The van der Waals surface area contributed by atoms with E-state index in [-0.39, 0.29) is 22.2 Å². The maximum absolute atomic E-state index is 12.2. The van der Waals surface area contributed by atoms with Crippen molar-refractivity contribution in [1.29, 1.82) is 0 Å². The fraction of sp³-hybridized carbons (Fsp3) is 0.350. The van der Waals surface area contributed by atoms with Crippen molar-refractivity contribution in [2.75, 3.05) is 24.5 Å². The molecule has 0 saturated carbocycles. The monoisotopic (exact) mass is 387 g/mol. The Balaban J connectivity index is 1.46. The number of benzene rings is 2. The molecule has 1 amide bonds. The first-order valence-electron chi connectivity index (χ1n) is 9.10. The van der Waals surface area contributed by atoms with Gasteiger partial charge in [0.15, 0.2) is 0 Å². The van der Waals surface area contributed by atoms with Crippen molar-refractivity contribution in [2.24, 2.45) is 0 Å². The molecule has 1 saturated heterocycles. The van der Waals surface area contributed by atoms with Gasteiger partial charge >= 0.3 is 0 Å². The largest absolute Gasteiger partial charge is 0.372 e. The molecule has 142 valence electrons. The normalized spacial score (nSPS) is 13.6. The van der Waals surface area contributed by atoms with E-state index >= 15 is 0 Å². The molecule has 0 spiro atoms. The smallest absolute Gasteiger partial charge is 0.288 e. The van der Waals surface area contributed by atoms with Crippen molar-refractivity contribution in [3.05, 3.63) is 68.7 Å². The number of nitro benzene ring substituents is 1. The minimum atomic E-state index is -0.592. The zero-order chi connectivity index (χ0) is 19.2. The summed E-state index contributed by atoms with van der Waals surface area (Å²) in [5.41, 5.74) is 2.48. The Morgan fingerprint density at radius 3 is 2.52 bits per heavy atom. The van der Waals surface area contributed by atoms with Gasteiger partial charge in [-0.15, -0.1) is 0 Å². The van der Waals surface area contributed by atoms with E-state index in [1.807, 2.05) is 0 Å². The molecule has 27 heavy (non-hydrogen) atoms. The first-order chi connectivity index (χ1) is 13.0. The van der Waals surface area contributed by atoms with Gasteiger partial charge in [-0.1, -0.05) is 23.7 Å². The highest BCUT2D eigenvalue weighted by atomic mass is 35.5. The van der Waals surface area contributed by atoms with E-state index in [9.17, 15) is 14.9 Å². The molecule has 1 N–H and O–H groups in total. The minimum absolute atomic E-state index is 0.0222. The van der Waals surface area contributed by atoms with Crippen LogP contribution in [0.25, 0.3) is 0 Å². The molecule has 1 aliphatic heterocycles. The summed E-state index contributed by atoms with van der Waals surface area (Å²) in [6.45, 7) is 2.77. The lowest BCUT2D eigenvalue weighted by Crippen LogP contribution is -2.24. The summed E-state index contributed by atoms with van der Waals surface area (Å²) in [4.78, 5) is 24.9. The van der Waals surface area contributed by atoms with Gasteiger partial charge in [-0.25, -0.2) is 0 Å². The average molecular weight is 388 g/mol. The molecule has 1 aliphatic rings. The summed E-state index contributed by atoms with van der Waals surface area (Å²) in [6.07, 6.45) is 4.18. The lowest BCUT2D eigenvalue weighted by molar-refractivity contribution is -0.384. The van der Waals surface area contributed by atoms with Crippen LogP contribution in [-0.2, 0) is 6.42 Å². The standard InChI is InChI=1S/C20H22ClN3O3/c21-18-10-7-16(14-19(18)24(26)27)20(25)22-11-3-4-15-5-8-17(9-6-15)23-12-1-2-13-23/h5-10,14H,1-4,11-13H2,(H,22,25). The van der Waals surface area contributed by atoms with Crippen molar-refractivity contribution in [3.8, 4) is 0 Å². The van der Waals surface area contributed by atoms with E-state index in [0.29, 0.717) is 6.54 Å². The molecule has 0 aliphatic carbocycles. The molecule has 0 unspecified atom stereocenters. The third-order valence-corrected chi connectivity index (χ3v) is 5.06. The number of carbonyl (C=O) groups excluding carboxylic acids is 1. The predicted molar refractivity (Wildman–Crippen MR) is 107 cm³/mol. The van der Waals surface area contributed by atoms with Gasteiger partial charge in [-0.2, -0.15) is 0 Å². The van der Waals surface area contributed by atoms with E-state index in [1.54, 1.807) is 0 Å². The van der Waals surface area contributed by atoms with Gasteiger partial charge in [0.05, 0.1) is 4.92 Å². The number of carbonyl (C=O) groups is 1. The summed E-state index contributed by atoms with van der Waals surface area (Å²) in [7, 11) is 0. The van der Waals surface area contributed by atoms with Gasteiger partial charge in [0.25, 0.3) is 11.6 Å².